The van der Waals surface area contributed by atoms with Crippen molar-refractivity contribution in [1.29, 1.82) is 0 Å². The van der Waals surface area contributed by atoms with Gasteiger partial charge in [0.25, 0.3) is 0 Å². The van der Waals surface area contributed by atoms with Crippen LogP contribution in [0.15, 0.2) is 18.3 Å². The zero-order chi connectivity index (χ0) is 7.40. The minimum atomic E-state index is 0.173. The molecule has 0 amide bonds. The first-order chi connectivity index (χ1) is 4.86. The summed E-state index contributed by atoms with van der Waals surface area (Å²) in [4.78, 5) is 6.28. The molecule has 0 aliphatic heterocycles. The van der Waals surface area contributed by atoms with Crippen LogP contribution in [-0.2, 0) is 0 Å². The molecule has 0 atom stereocenters. The summed E-state index contributed by atoms with van der Waals surface area (Å²) in [7, 11) is 1.63. The van der Waals surface area contributed by atoms with Crippen LogP contribution in [0.3, 0.4) is 0 Å². The third-order valence-electron chi connectivity index (χ3n) is 1.13. The molecule has 1 aromatic rings. The standard InChI is InChI=1S/C7H9INO/c1-8-6-3-4-7(10-2)9-5-6/h3-5H,1-2H3/q-1. The first-order valence-electron chi connectivity index (χ1n) is 2.86. The number of alkyl halides is 1. The number of methoxy groups -OCH3 is 1. The predicted molar refractivity (Wildman–Crippen MR) is 35.4 cm³/mol. The van der Waals surface area contributed by atoms with E-state index >= 15 is 0 Å². The van der Waals surface area contributed by atoms with Crippen LogP contribution in [-0.4, -0.2) is 17.0 Å². The summed E-state index contributed by atoms with van der Waals surface area (Å²) >= 11 is 0.173. The SMILES string of the molecule is COc1ccc([I-]C)cn1. The van der Waals surface area contributed by atoms with Gasteiger partial charge in [0, 0.05) is 0 Å². The van der Waals surface area contributed by atoms with Crippen molar-refractivity contribution in [3.8, 4) is 5.88 Å². The van der Waals surface area contributed by atoms with Crippen LogP contribution in [0.25, 0.3) is 0 Å². The van der Waals surface area contributed by atoms with Gasteiger partial charge in [0.05, 0.1) is 0 Å². The maximum atomic E-state index is 4.91. The number of ether oxygens (including phenoxy) is 1. The van der Waals surface area contributed by atoms with Gasteiger partial charge in [0.1, 0.15) is 0 Å². The van der Waals surface area contributed by atoms with Crippen molar-refractivity contribution in [2.24, 2.45) is 0 Å². The molecule has 3 heteroatoms. The maximum absolute atomic E-state index is 4.91. The van der Waals surface area contributed by atoms with Crippen molar-refractivity contribution in [3.05, 3.63) is 21.9 Å². The van der Waals surface area contributed by atoms with Crippen molar-refractivity contribution in [2.75, 3.05) is 12.0 Å². The number of halogens is 1. The van der Waals surface area contributed by atoms with Gasteiger partial charge >= 0.3 is 70.7 Å². The molecule has 0 aromatic carbocycles. The Balaban J connectivity index is 2.80. The molecule has 0 aliphatic rings. The Morgan fingerprint density at radius 2 is 2.30 bits per heavy atom. The Labute approximate surface area is 70.9 Å². The summed E-state index contributed by atoms with van der Waals surface area (Å²) in [6, 6.07) is 3.97. The van der Waals surface area contributed by atoms with Crippen LogP contribution < -0.4 is 25.9 Å². The van der Waals surface area contributed by atoms with Crippen LogP contribution in [0, 0.1) is 3.57 Å². The minimum absolute atomic E-state index is 0.173. The van der Waals surface area contributed by atoms with E-state index in [-0.39, 0.29) is 21.2 Å². The fourth-order valence-electron chi connectivity index (χ4n) is 0.595. The first-order valence-corrected chi connectivity index (χ1v) is 6.10. The quantitative estimate of drug-likeness (QED) is 0.446. The Hall–Kier alpha value is -0.320. The van der Waals surface area contributed by atoms with Crippen LogP contribution in [0.5, 0.6) is 5.88 Å². The number of aromatic nitrogens is 1. The molecule has 2 nitrogen and oxygen atoms in total. The molecule has 0 saturated carbocycles. The number of hydrogen-bond donors (Lipinski definition) is 0. The molecule has 0 fully saturated rings. The van der Waals surface area contributed by atoms with E-state index in [2.05, 4.69) is 16.0 Å². The fourth-order valence-corrected chi connectivity index (χ4v) is 1.55. The van der Waals surface area contributed by atoms with Gasteiger partial charge in [0.2, 0.25) is 0 Å². The molecule has 10 heavy (non-hydrogen) atoms. The molecule has 0 N–H and O–H groups in total. The fraction of sp³-hybridized carbons (Fsp3) is 0.286. The van der Waals surface area contributed by atoms with E-state index in [1.54, 1.807) is 7.11 Å². The molecule has 1 rings (SSSR count). The zero-order valence-electron chi connectivity index (χ0n) is 5.97. The van der Waals surface area contributed by atoms with Crippen LogP contribution in [0.1, 0.15) is 0 Å². The van der Waals surface area contributed by atoms with Gasteiger partial charge in [-0.25, -0.2) is 0 Å². The second-order valence-corrected chi connectivity index (χ2v) is 4.03. The molecule has 0 saturated heterocycles. The average Bonchev–Trinajstić information content (AvgIpc) is 2.05. The Morgan fingerprint density at radius 3 is 2.70 bits per heavy atom. The molecule has 1 heterocycles. The molecule has 0 aliphatic carbocycles. The molecule has 56 valence electrons. The second kappa shape index (κ2) is 3.75. The molecular formula is C7H9INO-. The Morgan fingerprint density at radius 1 is 1.50 bits per heavy atom. The summed E-state index contributed by atoms with van der Waals surface area (Å²) < 4.78 is 6.26. The van der Waals surface area contributed by atoms with Crippen molar-refractivity contribution in [1.82, 2.24) is 4.98 Å². The topological polar surface area (TPSA) is 22.1 Å². The summed E-state index contributed by atoms with van der Waals surface area (Å²) in [5.41, 5.74) is 0. The van der Waals surface area contributed by atoms with Crippen molar-refractivity contribution in [2.45, 2.75) is 0 Å². The Kier molecular flexibility index (Phi) is 2.92. The normalized spacial score (nSPS) is 9.80. The number of hydrogen-bond acceptors (Lipinski definition) is 2. The van der Waals surface area contributed by atoms with Crippen molar-refractivity contribution >= 4 is 0 Å². The molecule has 0 bridgehead atoms. The first kappa shape index (κ1) is 7.78. The van der Waals surface area contributed by atoms with E-state index in [1.165, 1.54) is 3.57 Å². The van der Waals surface area contributed by atoms with Gasteiger partial charge < -0.3 is 0 Å². The summed E-state index contributed by atoms with van der Waals surface area (Å²) in [6.07, 6.45) is 1.88. The molecular weight excluding hydrogens is 241 g/mol. The van der Waals surface area contributed by atoms with Crippen LogP contribution >= 0.6 is 0 Å². The average molecular weight is 250 g/mol. The van der Waals surface area contributed by atoms with Gasteiger partial charge in [-0.1, -0.05) is 0 Å². The summed E-state index contributed by atoms with van der Waals surface area (Å²) in [6.45, 7) is 0. The van der Waals surface area contributed by atoms with Gasteiger partial charge in [-0.3, -0.25) is 0 Å². The van der Waals surface area contributed by atoms with Crippen LogP contribution in [0.4, 0.5) is 0 Å². The number of pyridine rings is 1. The third kappa shape index (κ3) is 1.83. The summed E-state index contributed by atoms with van der Waals surface area (Å²) in [5.74, 6) is 0.696. The van der Waals surface area contributed by atoms with E-state index in [0.717, 1.165) is 0 Å². The Bertz CT molecular complexity index is 174. The van der Waals surface area contributed by atoms with Crippen LogP contribution in [0.2, 0.25) is 0 Å². The van der Waals surface area contributed by atoms with Crippen molar-refractivity contribution < 1.29 is 25.9 Å². The predicted octanol–water partition coefficient (Wildman–Crippen LogP) is -2.02. The van der Waals surface area contributed by atoms with E-state index < -0.39 is 0 Å². The van der Waals surface area contributed by atoms with Gasteiger partial charge in [-0.2, -0.15) is 0 Å². The molecule has 0 unspecified atom stereocenters. The molecule has 1 aromatic heterocycles. The van der Waals surface area contributed by atoms with Gasteiger partial charge in [-0.05, 0) is 0 Å². The van der Waals surface area contributed by atoms with E-state index in [1.807, 2.05) is 12.3 Å². The molecule has 0 spiro atoms. The summed E-state index contributed by atoms with van der Waals surface area (Å²) in [5, 5.41) is 0. The second-order valence-electron chi connectivity index (χ2n) is 1.71. The number of rotatable bonds is 2. The van der Waals surface area contributed by atoms with E-state index in [4.69, 9.17) is 4.74 Å². The van der Waals surface area contributed by atoms with Crippen molar-refractivity contribution in [3.63, 3.8) is 0 Å². The van der Waals surface area contributed by atoms with E-state index in [0.29, 0.717) is 5.88 Å². The number of nitrogens with zero attached hydrogens (tertiary/aromatic N) is 1. The van der Waals surface area contributed by atoms with Gasteiger partial charge in [0.15, 0.2) is 0 Å². The van der Waals surface area contributed by atoms with E-state index in [9.17, 15) is 0 Å². The monoisotopic (exact) mass is 250 g/mol. The third-order valence-corrected chi connectivity index (χ3v) is 3.01. The molecule has 0 radical (unpaired) electrons. The van der Waals surface area contributed by atoms with Gasteiger partial charge in [-0.15, -0.1) is 0 Å². The zero-order valence-corrected chi connectivity index (χ0v) is 8.12.